The first kappa shape index (κ1) is 28.4. The minimum absolute atomic E-state index is 0.0275. The summed E-state index contributed by atoms with van der Waals surface area (Å²) in [4.78, 5) is 21.0. The normalized spacial score (nSPS) is 44.6. The molecule has 0 unspecified atom stereocenters. The minimum Gasteiger partial charge on any atom is -0.393 e. The summed E-state index contributed by atoms with van der Waals surface area (Å²) in [6, 6.07) is 0. The monoisotopic (exact) mass is 530 g/mol. The van der Waals surface area contributed by atoms with E-state index >= 15 is 0 Å². The molecule has 216 valence electrons. The second kappa shape index (κ2) is 11.0. The maximum Gasteiger partial charge on any atom is 0.222 e. The second-order valence-corrected chi connectivity index (χ2v) is 14.4. The molecule has 38 heavy (non-hydrogen) atoms. The summed E-state index contributed by atoms with van der Waals surface area (Å²) in [5, 5.41) is 15.5. The molecule has 0 aromatic heterocycles. The van der Waals surface area contributed by atoms with Crippen LogP contribution in [0.25, 0.3) is 0 Å². The van der Waals surface area contributed by atoms with Gasteiger partial charge in [-0.15, -0.1) is 0 Å². The number of oxime groups is 1. The van der Waals surface area contributed by atoms with Crippen LogP contribution in [0, 0.1) is 46.3 Å². The molecule has 5 rings (SSSR count). The first-order valence-electron chi connectivity index (χ1n) is 15.8. The lowest BCUT2D eigenvalue weighted by molar-refractivity contribution is -0.159. The molecule has 0 radical (unpaired) electrons. The molecule has 0 aromatic carbocycles. The predicted octanol–water partition coefficient (Wildman–Crippen LogP) is 6.06. The highest BCUT2D eigenvalue weighted by Gasteiger charge is 2.65. The Morgan fingerprint density at radius 3 is 2.53 bits per heavy atom. The van der Waals surface area contributed by atoms with Crippen molar-refractivity contribution in [3.05, 3.63) is 0 Å². The summed E-state index contributed by atoms with van der Waals surface area (Å²) in [5.41, 5.74) is 1.45. The van der Waals surface area contributed by atoms with Gasteiger partial charge in [-0.2, -0.15) is 0 Å². The van der Waals surface area contributed by atoms with E-state index in [2.05, 4.69) is 39.5 Å². The molecule has 0 aromatic rings. The molecule has 5 fully saturated rings. The van der Waals surface area contributed by atoms with E-state index in [1.807, 2.05) is 7.11 Å². The number of nitrogens with zero attached hydrogens (tertiary/aromatic N) is 2. The SMILES string of the molecule is CO[C@@H]1C[C@@H]2C[C@H](O)CC[C@]2(C)[C@H]2C/C(=N\OC(C)C)[C@]3(C)[C@@H]([C@H](C)CCC(=O)N4CCCC4)CC[C@H]3[C@H]12. The molecule has 1 saturated heterocycles. The zero-order chi connectivity index (χ0) is 27.2. The quantitative estimate of drug-likeness (QED) is 0.406. The van der Waals surface area contributed by atoms with Gasteiger partial charge in [-0.3, -0.25) is 4.79 Å². The summed E-state index contributed by atoms with van der Waals surface area (Å²) >= 11 is 0. The van der Waals surface area contributed by atoms with Crippen molar-refractivity contribution in [1.82, 2.24) is 4.90 Å². The number of methoxy groups -OCH3 is 1. The molecule has 0 bridgehead atoms. The number of fused-ring (bicyclic) bond motifs is 5. The fourth-order valence-electron chi connectivity index (χ4n) is 10.1. The number of aliphatic hydroxyl groups excluding tert-OH is 1. The van der Waals surface area contributed by atoms with Gasteiger partial charge < -0.3 is 19.6 Å². The van der Waals surface area contributed by atoms with E-state index in [1.54, 1.807) is 0 Å². The molecule has 1 amide bonds. The zero-order valence-electron chi connectivity index (χ0n) is 25.0. The highest BCUT2D eigenvalue weighted by atomic mass is 16.6. The maximum atomic E-state index is 12.9. The lowest BCUT2D eigenvalue weighted by Crippen LogP contribution is -2.61. The Morgan fingerprint density at radius 1 is 1.11 bits per heavy atom. The standard InChI is InChI=1S/C32H54N2O4/c1-20(2)38-33-28-19-26-30(27(37-6)18-22-17-23(35)13-14-31(22,26)4)25-11-10-24(32(25,28)5)21(3)9-12-29(36)34-15-7-8-16-34/h20-27,30,35H,7-19H2,1-6H3/b33-28+/t21-,22+,23-,24-,25+,26+,27-,30+,31+,32-/m1/s1. The number of amides is 1. The van der Waals surface area contributed by atoms with E-state index in [-0.39, 0.29) is 29.1 Å². The van der Waals surface area contributed by atoms with Crippen molar-refractivity contribution >= 4 is 11.6 Å². The van der Waals surface area contributed by atoms with Crippen LogP contribution in [0.15, 0.2) is 5.16 Å². The molecule has 6 heteroatoms. The summed E-state index contributed by atoms with van der Waals surface area (Å²) in [5.74, 6) is 3.37. The van der Waals surface area contributed by atoms with Crippen molar-refractivity contribution in [3.63, 3.8) is 0 Å². The lowest BCUT2D eigenvalue weighted by Gasteiger charge is -2.63. The van der Waals surface area contributed by atoms with Crippen molar-refractivity contribution in [2.24, 2.45) is 51.5 Å². The van der Waals surface area contributed by atoms with Gasteiger partial charge >= 0.3 is 0 Å². The number of ether oxygens (including phenoxy) is 1. The number of hydrogen-bond donors (Lipinski definition) is 1. The summed E-state index contributed by atoms with van der Waals surface area (Å²) < 4.78 is 6.31. The van der Waals surface area contributed by atoms with Crippen LogP contribution < -0.4 is 0 Å². The van der Waals surface area contributed by atoms with Gasteiger partial charge in [0, 0.05) is 32.0 Å². The third-order valence-electron chi connectivity index (χ3n) is 12.2. The van der Waals surface area contributed by atoms with E-state index < -0.39 is 0 Å². The number of likely N-dealkylation sites (tertiary alicyclic amines) is 1. The topological polar surface area (TPSA) is 71.4 Å². The molecule has 1 heterocycles. The van der Waals surface area contributed by atoms with Crippen molar-refractivity contribution in [3.8, 4) is 0 Å². The molecule has 5 aliphatic rings. The molecule has 1 aliphatic heterocycles. The van der Waals surface area contributed by atoms with Gasteiger partial charge in [0.2, 0.25) is 5.91 Å². The van der Waals surface area contributed by atoms with Gasteiger partial charge in [-0.25, -0.2) is 0 Å². The zero-order valence-corrected chi connectivity index (χ0v) is 25.0. The third kappa shape index (κ3) is 4.84. The Kier molecular flexibility index (Phi) is 8.24. The van der Waals surface area contributed by atoms with E-state index in [4.69, 9.17) is 14.7 Å². The fourth-order valence-corrected chi connectivity index (χ4v) is 10.1. The van der Waals surface area contributed by atoms with Crippen LogP contribution in [0.1, 0.15) is 105 Å². The molecular formula is C32H54N2O4. The van der Waals surface area contributed by atoms with E-state index in [9.17, 15) is 9.90 Å². The summed E-state index contributed by atoms with van der Waals surface area (Å²) in [6.07, 6.45) is 11.4. The number of rotatable bonds is 7. The van der Waals surface area contributed by atoms with E-state index in [0.29, 0.717) is 47.8 Å². The summed E-state index contributed by atoms with van der Waals surface area (Å²) in [7, 11) is 1.91. The van der Waals surface area contributed by atoms with Gasteiger partial charge in [-0.05, 0) is 119 Å². The first-order valence-corrected chi connectivity index (χ1v) is 15.8. The van der Waals surface area contributed by atoms with Gasteiger partial charge in [-0.1, -0.05) is 25.9 Å². The maximum absolute atomic E-state index is 12.9. The van der Waals surface area contributed by atoms with Crippen LogP contribution >= 0.6 is 0 Å². The van der Waals surface area contributed by atoms with Crippen LogP contribution in [0.2, 0.25) is 0 Å². The minimum atomic E-state index is -0.173. The van der Waals surface area contributed by atoms with Gasteiger partial charge in [0.1, 0.15) is 6.10 Å². The van der Waals surface area contributed by atoms with Crippen LogP contribution in [0.4, 0.5) is 0 Å². The second-order valence-electron chi connectivity index (χ2n) is 14.4. The molecule has 1 N–H and O–H groups in total. The molecular weight excluding hydrogens is 476 g/mol. The Balaban J connectivity index is 1.43. The molecule has 6 nitrogen and oxygen atoms in total. The fraction of sp³-hybridized carbons (Fsp3) is 0.938. The lowest BCUT2D eigenvalue weighted by atomic mass is 9.43. The van der Waals surface area contributed by atoms with Crippen LogP contribution in [-0.2, 0) is 14.4 Å². The Morgan fingerprint density at radius 2 is 1.84 bits per heavy atom. The van der Waals surface area contributed by atoms with Crippen LogP contribution in [0.5, 0.6) is 0 Å². The highest BCUT2D eigenvalue weighted by Crippen LogP contribution is 2.68. The number of hydrogen-bond acceptors (Lipinski definition) is 5. The average Bonchev–Trinajstić information content (AvgIpc) is 3.54. The van der Waals surface area contributed by atoms with Crippen LogP contribution in [0.3, 0.4) is 0 Å². The van der Waals surface area contributed by atoms with Gasteiger partial charge in [0.15, 0.2) is 0 Å². The third-order valence-corrected chi connectivity index (χ3v) is 12.2. The Bertz CT molecular complexity index is 885. The number of carbonyl (C=O) groups is 1. The smallest absolute Gasteiger partial charge is 0.222 e. The van der Waals surface area contributed by atoms with Crippen molar-refractivity contribution in [2.75, 3.05) is 20.2 Å². The van der Waals surface area contributed by atoms with Crippen LogP contribution in [-0.4, -0.2) is 60.1 Å². The molecule has 4 saturated carbocycles. The molecule has 10 atom stereocenters. The largest absolute Gasteiger partial charge is 0.393 e. The average molecular weight is 531 g/mol. The number of aliphatic hydroxyl groups is 1. The van der Waals surface area contributed by atoms with Gasteiger partial charge in [0.25, 0.3) is 0 Å². The highest BCUT2D eigenvalue weighted by molar-refractivity contribution is 5.92. The molecule has 4 aliphatic carbocycles. The molecule has 0 spiro atoms. The first-order chi connectivity index (χ1) is 18.1. The van der Waals surface area contributed by atoms with E-state index in [1.165, 1.54) is 18.6 Å². The predicted molar refractivity (Wildman–Crippen MR) is 151 cm³/mol. The van der Waals surface area contributed by atoms with Crippen molar-refractivity contribution in [1.29, 1.82) is 0 Å². The number of carbonyl (C=O) groups excluding carboxylic acids is 1. The van der Waals surface area contributed by atoms with E-state index in [0.717, 1.165) is 64.5 Å². The Labute approximate surface area is 231 Å². The summed E-state index contributed by atoms with van der Waals surface area (Å²) in [6.45, 7) is 13.4. The van der Waals surface area contributed by atoms with Crippen molar-refractivity contribution < 1.29 is 19.5 Å². The Hall–Kier alpha value is -1.14. The van der Waals surface area contributed by atoms with Crippen molar-refractivity contribution in [2.45, 2.75) is 124 Å². The van der Waals surface area contributed by atoms with Gasteiger partial charge in [0.05, 0.1) is 17.9 Å².